The highest BCUT2D eigenvalue weighted by atomic mass is 16.5. The van der Waals surface area contributed by atoms with Crippen LogP contribution in [0.2, 0.25) is 0 Å². The topological polar surface area (TPSA) is 84.9 Å². The third kappa shape index (κ3) is 5.01. The molecule has 0 aromatic heterocycles. The van der Waals surface area contributed by atoms with Crippen LogP contribution in [0.4, 0.5) is 0 Å². The standard InChI is InChI=1S/C12H21NO5/c1-17-6-7-18-5-4-13-11(14)9-2-3-10(8-9)12(15)16/h9-10H,2-8H2,1H3,(H,13,14)(H,15,16). The van der Waals surface area contributed by atoms with E-state index >= 15 is 0 Å². The van der Waals surface area contributed by atoms with Crippen LogP contribution in [0.25, 0.3) is 0 Å². The van der Waals surface area contributed by atoms with Gasteiger partial charge in [0.1, 0.15) is 0 Å². The van der Waals surface area contributed by atoms with Crippen molar-refractivity contribution >= 4 is 11.9 Å². The van der Waals surface area contributed by atoms with Crippen molar-refractivity contribution in [2.45, 2.75) is 19.3 Å². The normalized spacial score (nSPS) is 22.9. The zero-order chi connectivity index (χ0) is 13.4. The predicted octanol–water partition coefficient (Wildman–Crippen LogP) is 0.266. The SMILES string of the molecule is COCCOCCNC(=O)C1CCC(C(=O)O)C1. The summed E-state index contributed by atoms with van der Waals surface area (Å²) in [6.07, 6.45) is 1.71. The fourth-order valence-corrected chi connectivity index (χ4v) is 2.08. The zero-order valence-electron chi connectivity index (χ0n) is 10.7. The lowest BCUT2D eigenvalue weighted by atomic mass is 10.0. The van der Waals surface area contributed by atoms with Gasteiger partial charge in [0.05, 0.1) is 25.7 Å². The maximum atomic E-state index is 11.7. The van der Waals surface area contributed by atoms with Gasteiger partial charge in [-0.05, 0) is 19.3 Å². The van der Waals surface area contributed by atoms with Crippen LogP contribution in [0.5, 0.6) is 0 Å². The highest BCUT2D eigenvalue weighted by molar-refractivity contribution is 5.80. The number of methoxy groups -OCH3 is 1. The highest BCUT2D eigenvalue weighted by Crippen LogP contribution is 2.30. The third-order valence-corrected chi connectivity index (χ3v) is 3.13. The van der Waals surface area contributed by atoms with Crippen molar-refractivity contribution in [2.75, 3.05) is 33.5 Å². The molecular formula is C12H21NO5. The van der Waals surface area contributed by atoms with Gasteiger partial charge in [-0.25, -0.2) is 0 Å². The largest absolute Gasteiger partial charge is 0.481 e. The van der Waals surface area contributed by atoms with Crippen molar-refractivity contribution in [1.29, 1.82) is 0 Å². The predicted molar refractivity (Wildman–Crippen MR) is 64.2 cm³/mol. The van der Waals surface area contributed by atoms with Crippen molar-refractivity contribution in [3.63, 3.8) is 0 Å². The Kier molecular flexibility index (Phi) is 6.67. The van der Waals surface area contributed by atoms with E-state index in [2.05, 4.69) is 5.32 Å². The first kappa shape index (κ1) is 14.9. The quantitative estimate of drug-likeness (QED) is 0.611. The average molecular weight is 259 g/mol. The number of ether oxygens (including phenoxy) is 2. The van der Waals surface area contributed by atoms with Gasteiger partial charge in [0, 0.05) is 19.6 Å². The van der Waals surface area contributed by atoms with Gasteiger partial charge in [-0.15, -0.1) is 0 Å². The second kappa shape index (κ2) is 8.05. The van der Waals surface area contributed by atoms with Crippen molar-refractivity contribution in [3.8, 4) is 0 Å². The molecule has 0 spiro atoms. The monoisotopic (exact) mass is 259 g/mol. The van der Waals surface area contributed by atoms with Gasteiger partial charge in [0.25, 0.3) is 0 Å². The molecule has 6 nitrogen and oxygen atoms in total. The summed E-state index contributed by atoms with van der Waals surface area (Å²) in [7, 11) is 1.60. The maximum absolute atomic E-state index is 11.7. The lowest BCUT2D eigenvalue weighted by molar-refractivity contribution is -0.141. The van der Waals surface area contributed by atoms with E-state index in [-0.39, 0.29) is 17.7 Å². The first-order valence-electron chi connectivity index (χ1n) is 6.22. The molecule has 0 heterocycles. The number of hydrogen-bond acceptors (Lipinski definition) is 4. The third-order valence-electron chi connectivity index (χ3n) is 3.13. The second-order valence-corrected chi connectivity index (χ2v) is 4.44. The molecule has 1 aliphatic rings. The molecule has 1 amide bonds. The molecule has 1 aliphatic carbocycles. The smallest absolute Gasteiger partial charge is 0.306 e. The summed E-state index contributed by atoms with van der Waals surface area (Å²) in [5.74, 6) is -1.38. The van der Waals surface area contributed by atoms with E-state index in [0.29, 0.717) is 45.6 Å². The summed E-state index contributed by atoms with van der Waals surface area (Å²) >= 11 is 0. The van der Waals surface area contributed by atoms with E-state index in [1.165, 1.54) is 0 Å². The number of carboxylic acids is 1. The fourth-order valence-electron chi connectivity index (χ4n) is 2.08. The molecule has 104 valence electrons. The van der Waals surface area contributed by atoms with E-state index in [0.717, 1.165) is 0 Å². The summed E-state index contributed by atoms with van der Waals surface area (Å²) in [5.41, 5.74) is 0. The first-order chi connectivity index (χ1) is 8.65. The molecule has 0 aromatic carbocycles. The average Bonchev–Trinajstić information content (AvgIpc) is 2.83. The molecule has 0 saturated heterocycles. The van der Waals surface area contributed by atoms with Crippen molar-refractivity contribution in [2.24, 2.45) is 11.8 Å². The number of carboxylic acid groups (broad SMARTS) is 1. The summed E-state index contributed by atoms with van der Waals surface area (Å²) in [6, 6.07) is 0. The van der Waals surface area contributed by atoms with Gasteiger partial charge in [-0.2, -0.15) is 0 Å². The summed E-state index contributed by atoms with van der Waals surface area (Å²) in [6.45, 7) is 1.95. The Morgan fingerprint density at radius 1 is 1.22 bits per heavy atom. The number of carbonyl (C=O) groups excluding carboxylic acids is 1. The molecule has 0 bridgehead atoms. The van der Waals surface area contributed by atoms with E-state index in [4.69, 9.17) is 14.6 Å². The van der Waals surface area contributed by atoms with Crippen LogP contribution in [-0.2, 0) is 19.1 Å². The van der Waals surface area contributed by atoms with Gasteiger partial charge in [0.15, 0.2) is 0 Å². The van der Waals surface area contributed by atoms with Crippen LogP contribution in [0.15, 0.2) is 0 Å². The molecule has 2 atom stereocenters. The van der Waals surface area contributed by atoms with Crippen LogP contribution >= 0.6 is 0 Å². The number of carbonyl (C=O) groups is 2. The Hall–Kier alpha value is -1.14. The molecule has 1 rings (SSSR count). The van der Waals surface area contributed by atoms with Crippen molar-refractivity contribution in [3.05, 3.63) is 0 Å². The summed E-state index contributed by atoms with van der Waals surface area (Å²) < 4.78 is 10.0. The molecule has 0 radical (unpaired) electrons. The Morgan fingerprint density at radius 2 is 1.94 bits per heavy atom. The summed E-state index contributed by atoms with van der Waals surface area (Å²) in [4.78, 5) is 22.5. The number of amides is 1. The minimum Gasteiger partial charge on any atom is -0.481 e. The Bertz CT molecular complexity index is 282. The van der Waals surface area contributed by atoms with Gasteiger partial charge in [-0.3, -0.25) is 9.59 Å². The molecule has 2 N–H and O–H groups in total. The molecule has 1 fully saturated rings. The van der Waals surface area contributed by atoms with Crippen LogP contribution in [0.3, 0.4) is 0 Å². The molecule has 2 unspecified atom stereocenters. The Balaban J connectivity index is 2.09. The van der Waals surface area contributed by atoms with Gasteiger partial charge >= 0.3 is 5.97 Å². The number of nitrogens with one attached hydrogen (secondary N) is 1. The van der Waals surface area contributed by atoms with Crippen LogP contribution in [0.1, 0.15) is 19.3 Å². The van der Waals surface area contributed by atoms with Crippen LogP contribution in [-0.4, -0.2) is 50.5 Å². The number of rotatable bonds is 8. The molecule has 0 aromatic rings. The molecular weight excluding hydrogens is 238 g/mol. The van der Waals surface area contributed by atoms with Crippen LogP contribution < -0.4 is 5.32 Å². The Morgan fingerprint density at radius 3 is 2.56 bits per heavy atom. The highest BCUT2D eigenvalue weighted by Gasteiger charge is 2.33. The van der Waals surface area contributed by atoms with E-state index in [9.17, 15) is 9.59 Å². The lowest BCUT2D eigenvalue weighted by Gasteiger charge is -2.10. The summed E-state index contributed by atoms with van der Waals surface area (Å²) in [5, 5.41) is 11.6. The minimum absolute atomic E-state index is 0.0610. The fraction of sp³-hybridized carbons (Fsp3) is 0.833. The molecule has 6 heteroatoms. The zero-order valence-corrected chi connectivity index (χ0v) is 10.7. The molecule has 18 heavy (non-hydrogen) atoms. The first-order valence-corrected chi connectivity index (χ1v) is 6.22. The van der Waals surface area contributed by atoms with Gasteiger partial charge in [0.2, 0.25) is 5.91 Å². The van der Waals surface area contributed by atoms with Gasteiger partial charge < -0.3 is 19.9 Å². The maximum Gasteiger partial charge on any atom is 0.306 e. The number of aliphatic carboxylic acids is 1. The van der Waals surface area contributed by atoms with Crippen molar-refractivity contribution in [1.82, 2.24) is 5.32 Å². The van der Waals surface area contributed by atoms with Crippen molar-refractivity contribution < 1.29 is 24.2 Å². The second-order valence-electron chi connectivity index (χ2n) is 4.44. The lowest BCUT2D eigenvalue weighted by Crippen LogP contribution is -2.32. The van der Waals surface area contributed by atoms with E-state index in [1.54, 1.807) is 7.11 Å². The molecule has 0 aliphatic heterocycles. The Labute approximate surface area is 107 Å². The van der Waals surface area contributed by atoms with Crippen LogP contribution in [0, 0.1) is 11.8 Å². The minimum atomic E-state index is -0.798. The molecule has 1 saturated carbocycles. The van der Waals surface area contributed by atoms with Gasteiger partial charge in [-0.1, -0.05) is 0 Å². The van der Waals surface area contributed by atoms with E-state index in [1.807, 2.05) is 0 Å². The number of hydrogen-bond donors (Lipinski definition) is 2. The van der Waals surface area contributed by atoms with E-state index < -0.39 is 5.97 Å².